The lowest BCUT2D eigenvalue weighted by Crippen LogP contribution is -2.45. The molecule has 1 amide bonds. The molecule has 1 heterocycles. The summed E-state index contributed by atoms with van der Waals surface area (Å²) >= 11 is 0. The monoisotopic (exact) mass is 435 g/mol. The second-order valence-corrected chi connectivity index (χ2v) is 9.71. The van der Waals surface area contributed by atoms with E-state index in [-0.39, 0.29) is 5.91 Å². The van der Waals surface area contributed by atoms with Crippen molar-refractivity contribution in [2.75, 3.05) is 36.9 Å². The molecule has 5 nitrogen and oxygen atoms in total. The Kier molecular flexibility index (Phi) is 7.36. The number of carbonyl (C=O) groups is 1. The van der Waals surface area contributed by atoms with Crippen LogP contribution < -0.4 is 15.0 Å². The molecule has 1 saturated carbocycles. The second-order valence-electron chi connectivity index (χ2n) is 9.71. The van der Waals surface area contributed by atoms with Crippen molar-refractivity contribution < 1.29 is 9.53 Å². The van der Waals surface area contributed by atoms with Crippen LogP contribution in [0.15, 0.2) is 48.5 Å². The lowest BCUT2D eigenvalue weighted by Gasteiger charge is -2.38. The van der Waals surface area contributed by atoms with Gasteiger partial charge in [0.15, 0.2) is 0 Å². The summed E-state index contributed by atoms with van der Waals surface area (Å²) in [5.41, 5.74) is 2.67. The first kappa shape index (κ1) is 22.7. The quantitative estimate of drug-likeness (QED) is 0.680. The summed E-state index contributed by atoms with van der Waals surface area (Å²) in [5, 5.41) is 3.02. The van der Waals surface area contributed by atoms with E-state index in [0.29, 0.717) is 23.6 Å². The smallest absolute Gasteiger partial charge is 0.255 e. The lowest BCUT2D eigenvalue weighted by molar-refractivity contribution is 0.102. The van der Waals surface area contributed by atoms with E-state index in [1.165, 1.54) is 24.9 Å². The number of hydrogen-bond donors (Lipinski definition) is 1. The summed E-state index contributed by atoms with van der Waals surface area (Å²) in [6.45, 7) is 7.91. The van der Waals surface area contributed by atoms with Crippen LogP contribution in [-0.4, -0.2) is 49.6 Å². The van der Waals surface area contributed by atoms with Crippen molar-refractivity contribution >= 4 is 17.3 Å². The fraction of sp³-hybridized carbons (Fsp3) is 0.519. The van der Waals surface area contributed by atoms with Gasteiger partial charge < -0.3 is 19.9 Å². The maximum absolute atomic E-state index is 12.7. The van der Waals surface area contributed by atoms with Crippen LogP contribution >= 0.6 is 0 Å². The molecular weight excluding hydrogens is 398 g/mol. The Morgan fingerprint density at radius 3 is 2.31 bits per heavy atom. The summed E-state index contributed by atoms with van der Waals surface area (Å²) in [6.07, 6.45) is 6.27. The van der Waals surface area contributed by atoms with Crippen molar-refractivity contribution in [1.82, 2.24) is 4.90 Å². The fourth-order valence-electron chi connectivity index (χ4n) is 5.03. The Morgan fingerprint density at radius 1 is 0.938 bits per heavy atom. The van der Waals surface area contributed by atoms with Crippen molar-refractivity contribution in [2.24, 2.45) is 5.92 Å². The van der Waals surface area contributed by atoms with Crippen LogP contribution in [0.1, 0.15) is 56.3 Å². The second kappa shape index (κ2) is 10.4. The van der Waals surface area contributed by atoms with Crippen molar-refractivity contribution in [2.45, 2.75) is 58.1 Å². The largest absolute Gasteiger partial charge is 0.490 e. The molecule has 2 aromatic rings. The normalized spacial score (nSPS) is 22.9. The molecular formula is C27H37N3O2. The molecule has 1 saturated heterocycles. The topological polar surface area (TPSA) is 44.8 Å². The minimum absolute atomic E-state index is 0.0970. The molecule has 2 aliphatic rings. The summed E-state index contributed by atoms with van der Waals surface area (Å²) in [5.74, 6) is 1.45. The van der Waals surface area contributed by atoms with Gasteiger partial charge in [-0.2, -0.15) is 0 Å². The van der Waals surface area contributed by atoms with Crippen LogP contribution in [0.25, 0.3) is 0 Å². The van der Waals surface area contributed by atoms with Gasteiger partial charge in [0.25, 0.3) is 5.91 Å². The molecule has 172 valence electrons. The Labute approximate surface area is 192 Å². The number of rotatable bonds is 5. The van der Waals surface area contributed by atoms with E-state index in [0.717, 1.165) is 43.9 Å². The van der Waals surface area contributed by atoms with E-state index in [9.17, 15) is 4.79 Å². The average Bonchev–Trinajstić information content (AvgIpc) is 3.27. The number of nitrogens with one attached hydrogen (secondary N) is 1. The predicted octanol–water partition coefficient (Wildman–Crippen LogP) is 5.43. The van der Waals surface area contributed by atoms with Gasteiger partial charge in [-0.1, -0.05) is 6.92 Å². The average molecular weight is 436 g/mol. The third kappa shape index (κ3) is 5.83. The highest BCUT2D eigenvalue weighted by Crippen LogP contribution is 2.26. The highest BCUT2D eigenvalue weighted by molar-refractivity contribution is 6.04. The highest BCUT2D eigenvalue weighted by atomic mass is 16.5. The van der Waals surface area contributed by atoms with Gasteiger partial charge >= 0.3 is 0 Å². The van der Waals surface area contributed by atoms with Crippen LogP contribution in [0.3, 0.4) is 0 Å². The van der Waals surface area contributed by atoms with E-state index in [1.807, 2.05) is 36.4 Å². The van der Waals surface area contributed by atoms with Crippen LogP contribution in [0.4, 0.5) is 11.4 Å². The first-order valence-electron chi connectivity index (χ1n) is 12.1. The molecule has 1 aliphatic heterocycles. The molecule has 2 unspecified atom stereocenters. The Hall–Kier alpha value is -2.53. The number of ether oxygens (including phenoxy) is 1. The number of likely N-dealkylation sites (N-methyl/N-ethyl adjacent to an activating group) is 1. The Morgan fingerprint density at radius 2 is 1.62 bits per heavy atom. The maximum atomic E-state index is 12.7. The van der Waals surface area contributed by atoms with Gasteiger partial charge in [0.05, 0.1) is 6.10 Å². The van der Waals surface area contributed by atoms with Crippen LogP contribution in [0.5, 0.6) is 5.75 Å². The number of hydrogen-bond acceptors (Lipinski definition) is 4. The first-order chi connectivity index (χ1) is 15.5. The third-order valence-electron chi connectivity index (χ3n) is 6.77. The SMILES string of the molecule is CC1CCN(c2ccc(NC(=O)c3ccc(OC4CCCC4)cc3)cc2)C(C)CN(C)C1. The molecule has 1 aliphatic carbocycles. The van der Waals surface area contributed by atoms with Gasteiger partial charge in [0, 0.05) is 42.6 Å². The zero-order valence-electron chi connectivity index (χ0n) is 19.7. The van der Waals surface area contributed by atoms with Gasteiger partial charge in [-0.05, 0) is 101 Å². The summed E-state index contributed by atoms with van der Waals surface area (Å²) in [4.78, 5) is 17.6. The van der Waals surface area contributed by atoms with Gasteiger partial charge in [-0.3, -0.25) is 4.79 Å². The van der Waals surface area contributed by atoms with E-state index in [1.54, 1.807) is 0 Å². The van der Waals surface area contributed by atoms with Crippen molar-refractivity contribution in [3.63, 3.8) is 0 Å². The first-order valence-corrected chi connectivity index (χ1v) is 12.1. The van der Waals surface area contributed by atoms with Crippen molar-refractivity contribution in [3.8, 4) is 5.75 Å². The van der Waals surface area contributed by atoms with E-state index < -0.39 is 0 Å². The number of benzene rings is 2. The minimum Gasteiger partial charge on any atom is -0.490 e. The lowest BCUT2D eigenvalue weighted by atomic mass is 10.0. The maximum Gasteiger partial charge on any atom is 0.255 e. The molecule has 32 heavy (non-hydrogen) atoms. The van der Waals surface area contributed by atoms with Crippen LogP contribution in [0.2, 0.25) is 0 Å². The van der Waals surface area contributed by atoms with Crippen LogP contribution in [0, 0.1) is 5.92 Å². The summed E-state index contributed by atoms with van der Waals surface area (Å²) in [7, 11) is 2.21. The molecule has 0 spiro atoms. The standard InChI is InChI=1S/C27H37N3O2/c1-20-16-17-30(21(2)19-29(3)18-20)24-12-10-23(11-13-24)28-27(31)22-8-14-26(15-9-22)32-25-6-4-5-7-25/h8-15,20-21,25H,4-7,16-19H2,1-3H3,(H,28,31). The number of nitrogens with zero attached hydrogens (tertiary/aromatic N) is 2. The molecule has 5 heteroatoms. The van der Waals surface area contributed by atoms with E-state index >= 15 is 0 Å². The molecule has 2 aromatic carbocycles. The number of anilines is 2. The minimum atomic E-state index is -0.0970. The van der Waals surface area contributed by atoms with Crippen molar-refractivity contribution in [3.05, 3.63) is 54.1 Å². The number of carbonyl (C=O) groups excluding carboxylic acids is 1. The molecule has 0 aromatic heterocycles. The van der Waals surface area contributed by atoms with Gasteiger partial charge in [0.1, 0.15) is 5.75 Å². The molecule has 1 N–H and O–H groups in total. The zero-order chi connectivity index (χ0) is 22.5. The Balaban J connectivity index is 1.36. The predicted molar refractivity (Wildman–Crippen MR) is 132 cm³/mol. The van der Waals surface area contributed by atoms with Crippen molar-refractivity contribution in [1.29, 1.82) is 0 Å². The summed E-state index contributed by atoms with van der Waals surface area (Å²) < 4.78 is 6.00. The van der Waals surface area contributed by atoms with Gasteiger partial charge in [0.2, 0.25) is 0 Å². The van der Waals surface area contributed by atoms with E-state index in [2.05, 4.69) is 48.1 Å². The highest BCUT2D eigenvalue weighted by Gasteiger charge is 2.21. The van der Waals surface area contributed by atoms with Crippen LogP contribution in [-0.2, 0) is 0 Å². The molecule has 2 atom stereocenters. The third-order valence-corrected chi connectivity index (χ3v) is 6.77. The summed E-state index contributed by atoms with van der Waals surface area (Å²) in [6, 6.07) is 16.2. The molecule has 0 radical (unpaired) electrons. The number of amides is 1. The molecule has 4 rings (SSSR count). The zero-order valence-corrected chi connectivity index (χ0v) is 19.7. The fourth-order valence-corrected chi connectivity index (χ4v) is 5.03. The van der Waals surface area contributed by atoms with E-state index in [4.69, 9.17) is 4.74 Å². The molecule has 2 fully saturated rings. The van der Waals surface area contributed by atoms with Gasteiger partial charge in [-0.15, -0.1) is 0 Å². The van der Waals surface area contributed by atoms with Gasteiger partial charge in [-0.25, -0.2) is 0 Å². The molecule has 0 bridgehead atoms. The Bertz CT molecular complexity index is 875.